The fraction of sp³-hybridized carbons (Fsp3) is 0.867. The van der Waals surface area contributed by atoms with Crippen LogP contribution in [0, 0.1) is 0 Å². The molecule has 0 aromatic carbocycles. The highest BCUT2D eigenvalue weighted by Crippen LogP contribution is 2.40. The van der Waals surface area contributed by atoms with E-state index in [4.69, 9.17) is 13.3 Å². The standard InChI is InChI=1S/C15H28N2O3Si/c1-4-5-7-16-9-10-17(12-16)8-6-11-21-18-13(2)15(20-21)14(3)19-21/h9-10,13-15H,4-8,11-12H2,1-3H3. The monoisotopic (exact) mass is 312 g/mol. The van der Waals surface area contributed by atoms with E-state index >= 15 is 0 Å². The van der Waals surface area contributed by atoms with Gasteiger partial charge in [0, 0.05) is 31.5 Å². The number of hydrogen-bond acceptors (Lipinski definition) is 5. The third-order valence-electron chi connectivity index (χ3n) is 4.55. The molecule has 0 N–H and O–H groups in total. The summed E-state index contributed by atoms with van der Waals surface area (Å²) in [5.74, 6) is 0. The summed E-state index contributed by atoms with van der Waals surface area (Å²) in [6.07, 6.45) is 8.57. The first-order chi connectivity index (χ1) is 10.1. The Morgan fingerprint density at radius 3 is 2.19 bits per heavy atom. The van der Waals surface area contributed by atoms with Crippen molar-refractivity contribution in [3.05, 3.63) is 12.4 Å². The van der Waals surface area contributed by atoms with Gasteiger partial charge in [0.2, 0.25) is 0 Å². The van der Waals surface area contributed by atoms with E-state index < -0.39 is 8.80 Å². The van der Waals surface area contributed by atoms with Crippen LogP contribution in [0.15, 0.2) is 12.4 Å². The van der Waals surface area contributed by atoms with E-state index in [9.17, 15) is 0 Å². The Bertz CT molecular complexity index is 381. The summed E-state index contributed by atoms with van der Waals surface area (Å²) in [7, 11) is -2.33. The molecular weight excluding hydrogens is 284 g/mol. The summed E-state index contributed by atoms with van der Waals surface area (Å²) in [5.41, 5.74) is 0. The van der Waals surface area contributed by atoms with Gasteiger partial charge in [0.25, 0.3) is 0 Å². The Morgan fingerprint density at radius 1 is 1.00 bits per heavy atom. The normalized spacial score (nSPS) is 38.0. The van der Waals surface area contributed by atoms with Crippen molar-refractivity contribution in [1.82, 2.24) is 9.80 Å². The maximum absolute atomic E-state index is 6.07. The molecule has 3 rings (SSSR count). The molecule has 2 saturated heterocycles. The first-order valence-corrected chi connectivity index (χ1v) is 10.2. The highest BCUT2D eigenvalue weighted by molar-refractivity contribution is 6.62. The van der Waals surface area contributed by atoms with Gasteiger partial charge < -0.3 is 23.1 Å². The molecule has 0 aromatic heterocycles. The molecule has 3 aliphatic rings. The number of nitrogens with zero attached hydrogens (tertiary/aromatic N) is 2. The largest absolute Gasteiger partial charge is 0.502 e. The lowest BCUT2D eigenvalue weighted by Crippen LogP contribution is -2.44. The van der Waals surface area contributed by atoms with E-state index in [-0.39, 0.29) is 18.3 Å². The number of fused-ring (bicyclic) bond motifs is 2. The van der Waals surface area contributed by atoms with Crippen LogP contribution in [0.5, 0.6) is 0 Å². The topological polar surface area (TPSA) is 34.2 Å². The molecule has 0 aliphatic carbocycles. The summed E-state index contributed by atoms with van der Waals surface area (Å²) in [4.78, 5) is 4.75. The Morgan fingerprint density at radius 2 is 1.62 bits per heavy atom. The molecular formula is C15H28N2O3Si. The average Bonchev–Trinajstić information content (AvgIpc) is 3.09. The minimum Gasteiger partial charge on any atom is -0.368 e. The average molecular weight is 312 g/mol. The van der Waals surface area contributed by atoms with Gasteiger partial charge in [0.1, 0.15) is 0 Å². The van der Waals surface area contributed by atoms with Gasteiger partial charge in [-0.15, -0.1) is 0 Å². The minimum absolute atomic E-state index is 0.160. The molecule has 2 bridgehead atoms. The molecule has 120 valence electrons. The summed E-state index contributed by atoms with van der Waals surface area (Å²) in [6.45, 7) is 9.68. The third-order valence-corrected chi connectivity index (χ3v) is 7.61. The molecule has 21 heavy (non-hydrogen) atoms. The van der Waals surface area contributed by atoms with Crippen molar-refractivity contribution in [2.75, 3.05) is 19.8 Å². The van der Waals surface area contributed by atoms with Crippen LogP contribution >= 0.6 is 0 Å². The van der Waals surface area contributed by atoms with E-state index in [1.165, 1.54) is 12.8 Å². The van der Waals surface area contributed by atoms with Crippen molar-refractivity contribution in [2.24, 2.45) is 0 Å². The van der Waals surface area contributed by atoms with Crippen molar-refractivity contribution >= 4 is 8.80 Å². The van der Waals surface area contributed by atoms with Crippen molar-refractivity contribution in [3.63, 3.8) is 0 Å². The van der Waals surface area contributed by atoms with Gasteiger partial charge in [-0.05, 0) is 26.7 Å². The van der Waals surface area contributed by atoms with Crippen molar-refractivity contribution < 1.29 is 13.3 Å². The van der Waals surface area contributed by atoms with Gasteiger partial charge in [-0.25, -0.2) is 0 Å². The molecule has 0 aromatic rings. The molecule has 0 saturated carbocycles. The van der Waals surface area contributed by atoms with E-state index in [1.807, 2.05) is 0 Å². The SMILES string of the molecule is CCCCN1C=CN(CCC[Si]23OC(C)C(O2)C(C)O3)C1. The fourth-order valence-corrected chi connectivity index (χ4v) is 6.72. The van der Waals surface area contributed by atoms with Crippen LogP contribution < -0.4 is 0 Å². The van der Waals surface area contributed by atoms with Crippen molar-refractivity contribution in [1.29, 1.82) is 0 Å². The smallest absolute Gasteiger partial charge is 0.368 e. The second kappa shape index (κ2) is 6.28. The molecule has 6 heteroatoms. The minimum atomic E-state index is -2.33. The molecule has 0 radical (unpaired) electrons. The number of unbranched alkanes of at least 4 members (excludes halogenated alkanes) is 1. The molecule has 2 unspecified atom stereocenters. The maximum Gasteiger partial charge on any atom is 0.502 e. The quantitative estimate of drug-likeness (QED) is 0.674. The zero-order chi connectivity index (χ0) is 14.9. The van der Waals surface area contributed by atoms with Crippen LogP contribution in [0.3, 0.4) is 0 Å². The van der Waals surface area contributed by atoms with Gasteiger partial charge in [-0.1, -0.05) is 13.3 Å². The lowest BCUT2D eigenvalue weighted by Gasteiger charge is -2.27. The van der Waals surface area contributed by atoms with Crippen LogP contribution in [0.25, 0.3) is 0 Å². The van der Waals surface area contributed by atoms with Gasteiger partial charge in [0.15, 0.2) is 0 Å². The molecule has 3 heterocycles. The van der Waals surface area contributed by atoms with Crippen molar-refractivity contribution in [3.8, 4) is 0 Å². The lowest BCUT2D eigenvalue weighted by molar-refractivity contribution is 0.0404. The van der Waals surface area contributed by atoms with E-state index in [0.717, 1.165) is 32.2 Å². The van der Waals surface area contributed by atoms with Crippen LogP contribution in [-0.4, -0.2) is 56.7 Å². The first-order valence-electron chi connectivity index (χ1n) is 8.32. The number of rotatable bonds is 7. The zero-order valence-corrected chi connectivity index (χ0v) is 14.5. The second-order valence-electron chi connectivity index (χ2n) is 6.43. The number of hydrogen-bond donors (Lipinski definition) is 0. The van der Waals surface area contributed by atoms with E-state index in [0.29, 0.717) is 0 Å². The lowest BCUT2D eigenvalue weighted by atomic mass is 10.1. The molecule has 2 atom stereocenters. The first kappa shape index (κ1) is 15.3. The Kier molecular flexibility index (Phi) is 4.59. The molecule has 2 fully saturated rings. The van der Waals surface area contributed by atoms with Gasteiger partial charge in [0.05, 0.1) is 25.0 Å². The Labute approximate surface area is 129 Å². The van der Waals surface area contributed by atoms with Crippen LogP contribution in [0.2, 0.25) is 6.04 Å². The van der Waals surface area contributed by atoms with E-state index in [2.05, 4.69) is 43.0 Å². The van der Waals surface area contributed by atoms with Crippen LogP contribution in [0.1, 0.15) is 40.0 Å². The predicted molar refractivity (Wildman–Crippen MR) is 83.5 cm³/mol. The third kappa shape index (κ3) is 3.28. The van der Waals surface area contributed by atoms with Crippen molar-refractivity contribution in [2.45, 2.75) is 64.4 Å². The summed E-state index contributed by atoms with van der Waals surface area (Å²) in [6, 6.07) is 0.942. The predicted octanol–water partition coefficient (Wildman–Crippen LogP) is 2.38. The zero-order valence-electron chi connectivity index (χ0n) is 13.5. The molecule has 0 spiro atoms. The second-order valence-corrected chi connectivity index (χ2v) is 9.01. The highest BCUT2D eigenvalue weighted by Gasteiger charge is 2.60. The van der Waals surface area contributed by atoms with Gasteiger partial charge in [-0.2, -0.15) is 0 Å². The Hall–Kier alpha value is -0.563. The summed E-state index contributed by atoms with van der Waals surface area (Å²) in [5, 5.41) is 0. The summed E-state index contributed by atoms with van der Waals surface area (Å²) < 4.78 is 18.1. The maximum atomic E-state index is 6.07. The Balaban J connectivity index is 1.39. The van der Waals surface area contributed by atoms with Gasteiger partial charge in [-0.3, -0.25) is 0 Å². The van der Waals surface area contributed by atoms with E-state index in [1.54, 1.807) is 0 Å². The highest BCUT2D eigenvalue weighted by atomic mass is 28.4. The molecule has 3 aliphatic heterocycles. The van der Waals surface area contributed by atoms with Crippen LogP contribution in [-0.2, 0) is 13.3 Å². The molecule has 0 amide bonds. The molecule has 5 nitrogen and oxygen atoms in total. The fourth-order valence-electron chi connectivity index (χ4n) is 3.41. The van der Waals surface area contributed by atoms with Crippen LogP contribution in [0.4, 0.5) is 0 Å². The van der Waals surface area contributed by atoms with Gasteiger partial charge >= 0.3 is 8.80 Å². The summed E-state index contributed by atoms with van der Waals surface area (Å²) >= 11 is 0.